The minimum absolute atomic E-state index is 0.00996. The Labute approximate surface area is 169 Å². The highest BCUT2D eigenvalue weighted by atomic mass is 28.3. The smallest absolute Gasteiger partial charge is 0.314 e. The highest BCUT2D eigenvalue weighted by Gasteiger charge is 2.72. The van der Waals surface area contributed by atoms with Crippen molar-refractivity contribution in [1.82, 2.24) is 0 Å². The molecule has 2 aliphatic heterocycles. The highest BCUT2D eigenvalue weighted by molar-refractivity contribution is 6.83. The van der Waals surface area contributed by atoms with E-state index in [-0.39, 0.29) is 29.2 Å². The first-order valence-corrected chi connectivity index (χ1v) is 13.5. The Hall–Kier alpha value is -1.80. The number of hydrogen-bond acceptors (Lipinski definition) is 4. The highest BCUT2D eigenvalue weighted by Crippen LogP contribution is 2.66. The van der Waals surface area contributed by atoms with Gasteiger partial charge in [-0.25, -0.2) is 0 Å². The van der Waals surface area contributed by atoms with Gasteiger partial charge >= 0.3 is 11.9 Å². The quantitative estimate of drug-likeness (QED) is 0.303. The molecule has 0 aromatic heterocycles. The Morgan fingerprint density at radius 2 is 2.00 bits per heavy atom. The number of ether oxygens (including phenoxy) is 2. The van der Waals surface area contributed by atoms with Gasteiger partial charge in [0.1, 0.15) is 14.0 Å². The lowest BCUT2D eigenvalue weighted by atomic mass is 9.44. The van der Waals surface area contributed by atoms with E-state index < -0.39 is 25.0 Å². The van der Waals surface area contributed by atoms with Crippen LogP contribution in [0.2, 0.25) is 19.6 Å². The van der Waals surface area contributed by atoms with Gasteiger partial charge in [0.15, 0.2) is 5.60 Å². The van der Waals surface area contributed by atoms with E-state index in [1.165, 1.54) is 7.11 Å². The van der Waals surface area contributed by atoms with Crippen LogP contribution < -0.4 is 0 Å². The van der Waals surface area contributed by atoms with Gasteiger partial charge in [0.25, 0.3) is 0 Å². The third kappa shape index (κ3) is 2.80. The maximum Gasteiger partial charge on any atom is 0.314 e. The van der Waals surface area contributed by atoms with Gasteiger partial charge in [0.05, 0.1) is 13.0 Å². The molecule has 0 amide bonds. The molecule has 0 aromatic rings. The van der Waals surface area contributed by atoms with Crippen LogP contribution in [-0.2, 0) is 19.1 Å². The van der Waals surface area contributed by atoms with Crippen LogP contribution in [0.3, 0.4) is 0 Å². The predicted octanol–water partition coefficient (Wildman–Crippen LogP) is 4.14. The second-order valence-corrected chi connectivity index (χ2v) is 15.1. The fraction of sp³-hybridized carbons (Fsp3) is 0.652. The number of methoxy groups -OCH3 is 1. The van der Waals surface area contributed by atoms with Crippen LogP contribution in [-0.4, -0.2) is 32.7 Å². The van der Waals surface area contributed by atoms with Gasteiger partial charge < -0.3 is 9.47 Å². The van der Waals surface area contributed by atoms with Crippen molar-refractivity contribution in [2.45, 2.75) is 58.9 Å². The van der Waals surface area contributed by atoms with Crippen LogP contribution in [0.25, 0.3) is 0 Å². The molecule has 0 radical (unpaired) electrons. The molecule has 4 nitrogen and oxygen atoms in total. The summed E-state index contributed by atoms with van der Waals surface area (Å²) < 4.78 is 11.4. The van der Waals surface area contributed by atoms with Crippen molar-refractivity contribution in [1.29, 1.82) is 0 Å². The molecule has 1 spiro atoms. The van der Waals surface area contributed by atoms with Gasteiger partial charge in [-0.3, -0.25) is 9.59 Å². The minimum atomic E-state index is -1.66. The van der Waals surface area contributed by atoms with E-state index in [1.54, 1.807) is 0 Å². The first-order valence-electron chi connectivity index (χ1n) is 10.0. The van der Waals surface area contributed by atoms with E-state index >= 15 is 0 Å². The van der Waals surface area contributed by atoms with Crippen LogP contribution in [0.15, 0.2) is 24.3 Å². The number of carbonyl (C=O) groups is 2. The molecule has 5 heteroatoms. The first-order chi connectivity index (χ1) is 12.8. The monoisotopic (exact) mass is 400 g/mol. The second kappa shape index (κ2) is 6.35. The molecule has 4 rings (SSSR count). The molecule has 5 atom stereocenters. The lowest BCUT2D eigenvalue weighted by molar-refractivity contribution is -0.233. The van der Waals surface area contributed by atoms with Gasteiger partial charge in [-0.05, 0) is 18.3 Å². The van der Waals surface area contributed by atoms with Crippen molar-refractivity contribution in [3.63, 3.8) is 0 Å². The van der Waals surface area contributed by atoms with E-state index in [1.807, 2.05) is 19.1 Å². The zero-order valence-corrected chi connectivity index (χ0v) is 19.1. The molecule has 2 bridgehead atoms. The Balaban J connectivity index is 2.32. The molecule has 152 valence electrons. The van der Waals surface area contributed by atoms with Crippen molar-refractivity contribution in [2.75, 3.05) is 7.11 Å². The average molecular weight is 401 g/mol. The molecular formula is C23H32O4Si. The van der Waals surface area contributed by atoms with Crippen molar-refractivity contribution < 1.29 is 19.1 Å². The molecule has 2 heterocycles. The van der Waals surface area contributed by atoms with E-state index in [0.29, 0.717) is 0 Å². The first kappa shape index (κ1) is 20.9. The summed E-state index contributed by atoms with van der Waals surface area (Å²) in [5.41, 5.74) is 2.27. The van der Waals surface area contributed by atoms with E-state index in [4.69, 9.17) is 9.47 Å². The minimum Gasteiger partial charge on any atom is -0.469 e. The maximum atomic E-state index is 13.1. The Bertz CT molecular complexity index is 822. The Kier molecular flexibility index (Phi) is 4.74. The molecule has 0 aromatic carbocycles. The molecule has 4 aliphatic rings. The lowest BCUT2D eigenvalue weighted by Crippen LogP contribution is -2.70. The molecule has 28 heavy (non-hydrogen) atoms. The fourth-order valence-corrected chi connectivity index (χ4v) is 5.97. The summed E-state index contributed by atoms with van der Waals surface area (Å²) in [5.74, 6) is 1.75. The Morgan fingerprint density at radius 3 is 2.54 bits per heavy atom. The summed E-state index contributed by atoms with van der Waals surface area (Å²) in [6, 6.07) is 0. The zero-order chi connectivity index (χ0) is 21.1. The van der Waals surface area contributed by atoms with Crippen LogP contribution >= 0.6 is 0 Å². The topological polar surface area (TPSA) is 52.6 Å². The van der Waals surface area contributed by atoms with E-state index in [0.717, 1.165) is 18.4 Å². The summed E-state index contributed by atoms with van der Waals surface area (Å²) in [4.78, 5) is 26.1. The van der Waals surface area contributed by atoms with Crippen molar-refractivity contribution in [3.05, 3.63) is 24.3 Å². The molecule has 2 fully saturated rings. The number of allylic oxidation sites excluding steroid dienone is 1. The lowest BCUT2D eigenvalue weighted by Gasteiger charge is -2.64. The van der Waals surface area contributed by atoms with Gasteiger partial charge in [-0.2, -0.15) is 0 Å². The summed E-state index contributed by atoms with van der Waals surface area (Å²) in [7, 11) is -0.268. The number of carbonyl (C=O) groups excluding carboxylic acids is 2. The van der Waals surface area contributed by atoms with Gasteiger partial charge in [-0.1, -0.05) is 58.5 Å². The molecule has 1 saturated heterocycles. The molecule has 1 saturated carbocycles. The molecular weight excluding hydrogens is 368 g/mol. The van der Waals surface area contributed by atoms with Gasteiger partial charge in [0.2, 0.25) is 0 Å². The largest absolute Gasteiger partial charge is 0.469 e. The van der Waals surface area contributed by atoms with Gasteiger partial charge in [0, 0.05) is 16.9 Å². The number of esters is 2. The zero-order valence-electron chi connectivity index (χ0n) is 18.1. The third-order valence-corrected chi connectivity index (χ3v) is 7.91. The third-order valence-electron chi connectivity index (χ3n) is 7.03. The number of fused-ring (bicyclic) bond motifs is 1. The maximum absolute atomic E-state index is 13.1. The molecule has 1 unspecified atom stereocenters. The normalized spacial score (nSPS) is 38.3. The van der Waals surface area contributed by atoms with Crippen molar-refractivity contribution in [3.8, 4) is 11.5 Å². The van der Waals surface area contributed by atoms with E-state index in [9.17, 15) is 9.59 Å². The second-order valence-electron chi connectivity index (χ2n) is 10.4. The fourth-order valence-electron chi connectivity index (χ4n) is 5.46. The average Bonchev–Trinajstić information content (AvgIpc) is 2.58. The van der Waals surface area contributed by atoms with Crippen molar-refractivity contribution in [2.24, 2.45) is 28.6 Å². The van der Waals surface area contributed by atoms with Crippen LogP contribution in [0, 0.1) is 40.0 Å². The molecule has 0 N–H and O–H groups in total. The van der Waals surface area contributed by atoms with Crippen LogP contribution in [0.5, 0.6) is 0 Å². The van der Waals surface area contributed by atoms with E-state index in [2.05, 4.69) is 51.5 Å². The standard InChI is InChI=1S/C23H32O4Si/c1-9-22(4)12-10-17-21(2,3)16-14-15(11-13-28(6,7)8)23(17,27-19(16)24)18(22)20(25)26-5/h9,14,16-18H,1,10,12H2,2-8H3/t16-,17+,18+,22?,23-/m1/s1. The molecule has 2 aliphatic carbocycles. The van der Waals surface area contributed by atoms with Crippen molar-refractivity contribution >= 4 is 20.0 Å². The summed E-state index contributed by atoms with van der Waals surface area (Å²) in [6.45, 7) is 16.8. The summed E-state index contributed by atoms with van der Waals surface area (Å²) >= 11 is 0. The van der Waals surface area contributed by atoms with Crippen LogP contribution in [0.1, 0.15) is 33.6 Å². The van der Waals surface area contributed by atoms with Gasteiger partial charge in [-0.15, -0.1) is 12.1 Å². The number of hydrogen-bond donors (Lipinski definition) is 0. The number of rotatable bonds is 2. The Morgan fingerprint density at radius 1 is 1.36 bits per heavy atom. The SMILES string of the molecule is C=CC1(C)CC[C@H]2C(C)(C)[C@@H]3C=C(C#C[Si](C)(C)C)[C@]2(OC3=O)[C@H]1C(=O)OC. The summed E-state index contributed by atoms with van der Waals surface area (Å²) in [6.07, 6.45) is 5.44. The predicted molar refractivity (Wildman–Crippen MR) is 112 cm³/mol. The summed E-state index contributed by atoms with van der Waals surface area (Å²) in [5, 5.41) is 0. The van der Waals surface area contributed by atoms with Crippen LogP contribution in [0.4, 0.5) is 0 Å².